The van der Waals surface area contributed by atoms with E-state index >= 15 is 0 Å². The van der Waals surface area contributed by atoms with Crippen LogP contribution >= 0.6 is 0 Å². The molecule has 0 atom stereocenters. The zero-order chi connectivity index (χ0) is 45.0. The number of furan rings is 2. The Hall–Kier alpha value is -9.62. The van der Waals surface area contributed by atoms with Crippen LogP contribution in [0.5, 0.6) is 0 Å². The highest BCUT2D eigenvalue weighted by Gasteiger charge is 2.30. The van der Waals surface area contributed by atoms with E-state index in [1.807, 2.05) is 66.7 Å². The van der Waals surface area contributed by atoms with Gasteiger partial charge in [-0.1, -0.05) is 152 Å². The summed E-state index contributed by atoms with van der Waals surface area (Å²) in [5.41, 5.74) is 14.3. The third-order valence-electron chi connectivity index (χ3n) is 13.8. The van der Waals surface area contributed by atoms with Gasteiger partial charge < -0.3 is 18.0 Å². The maximum Gasteiger partial charge on any atom is 0.160 e. The van der Waals surface area contributed by atoms with E-state index in [0.717, 1.165) is 110 Å². The second kappa shape index (κ2) is 14.4. The Morgan fingerprint density at radius 3 is 1.16 bits per heavy atom. The summed E-state index contributed by atoms with van der Waals surface area (Å²) in [5, 5.41) is 30.9. The number of aromatic nitrogens is 2. The summed E-state index contributed by atoms with van der Waals surface area (Å²) in [6, 6.07) is 75.9. The van der Waals surface area contributed by atoms with Gasteiger partial charge in [-0.15, -0.1) is 0 Å². The maximum absolute atomic E-state index is 11.5. The Kier molecular flexibility index (Phi) is 8.01. The van der Waals surface area contributed by atoms with Gasteiger partial charge >= 0.3 is 0 Å². The molecule has 0 unspecified atom stereocenters. The van der Waals surface area contributed by atoms with Crippen molar-refractivity contribution in [2.45, 2.75) is 0 Å². The lowest BCUT2D eigenvalue weighted by Crippen LogP contribution is -2.09. The summed E-state index contributed by atoms with van der Waals surface area (Å²) in [7, 11) is 0. The van der Waals surface area contributed by atoms with Gasteiger partial charge in [-0.3, -0.25) is 0 Å². The molecular formula is C62H34N4O2. The molecule has 6 heteroatoms. The van der Waals surface area contributed by atoms with E-state index in [2.05, 4.69) is 155 Å². The van der Waals surface area contributed by atoms with Crippen molar-refractivity contribution in [1.82, 2.24) is 9.13 Å². The van der Waals surface area contributed by atoms with Crippen LogP contribution in [0.25, 0.3) is 132 Å². The monoisotopic (exact) mass is 866 g/mol. The molecule has 10 aromatic carbocycles. The molecule has 0 aliphatic carbocycles. The smallest absolute Gasteiger partial charge is 0.160 e. The molecule has 4 aromatic heterocycles. The van der Waals surface area contributed by atoms with Crippen LogP contribution in [-0.4, -0.2) is 9.13 Å². The van der Waals surface area contributed by atoms with Crippen molar-refractivity contribution >= 4 is 87.5 Å². The van der Waals surface area contributed by atoms with Gasteiger partial charge in [0, 0.05) is 48.7 Å². The predicted octanol–water partition coefficient (Wildman–Crippen LogP) is 16.4. The van der Waals surface area contributed by atoms with Gasteiger partial charge in [-0.25, -0.2) is 0 Å². The lowest BCUT2D eigenvalue weighted by Gasteiger charge is -2.22. The molecule has 314 valence electrons. The molecular weight excluding hydrogens is 833 g/mol. The molecule has 0 fully saturated rings. The van der Waals surface area contributed by atoms with Crippen LogP contribution in [-0.2, 0) is 0 Å². The van der Waals surface area contributed by atoms with Crippen LogP contribution in [0.1, 0.15) is 11.1 Å². The Labute approximate surface area is 388 Å². The van der Waals surface area contributed by atoms with Crippen LogP contribution in [0.2, 0.25) is 0 Å². The van der Waals surface area contributed by atoms with Gasteiger partial charge in [0.1, 0.15) is 23.3 Å². The summed E-state index contributed by atoms with van der Waals surface area (Å²) in [5.74, 6) is 0. The largest absolute Gasteiger partial charge is 0.454 e. The van der Waals surface area contributed by atoms with Crippen molar-refractivity contribution < 1.29 is 8.83 Å². The van der Waals surface area contributed by atoms with E-state index < -0.39 is 0 Å². The molecule has 0 saturated heterocycles. The summed E-state index contributed by atoms with van der Waals surface area (Å²) < 4.78 is 18.2. The number of fused-ring (bicyclic) bond motifs is 14. The first-order chi connectivity index (χ1) is 33.7. The van der Waals surface area contributed by atoms with Crippen LogP contribution in [0, 0.1) is 22.7 Å². The second-order valence-corrected chi connectivity index (χ2v) is 17.4. The quantitative estimate of drug-likeness (QED) is 0.172. The average Bonchev–Trinajstić information content (AvgIpc) is 4.16. The van der Waals surface area contributed by atoms with Gasteiger partial charge in [0.25, 0.3) is 0 Å². The first kappa shape index (κ1) is 37.7. The highest BCUT2D eigenvalue weighted by atomic mass is 16.3. The van der Waals surface area contributed by atoms with E-state index in [1.54, 1.807) is 6.07 Å². The molecule has 0 radical (unpaired) electrons. The van der Waals surface area contributed by atoms with Gasteiger partial charge in [0.15, 0.2) is 11.2 Å². The fourth-order valence-corrected chi connectivity index (χ4v) is 10.8. The zero-order valence-electron chi connectivity index (χ0n) is 36.2. The Morgan fingerprint density at radius 2 is 0.721 bits per heavy atom. The van der Waals surface area contributed by atoms with Crippen LogP contribution in [0.4, 0.5) is 0 Å². The normalized spacial score (nSPS) is 11.8. The zero-order valence-corrected chi connectivity index (χ0v) is 36.2. The number of para-hydroxylation sites is 2. The minimum absolute atomic E-state index is 0.351. The van der Waals surface area contributed by atoms with Crippen molar-refractivity contribution in [3.63, 3.8) is 0 Å². The number of nitriles is 2. The van der Waals surface area contributed by atoms with Crippen molar-refractivity contribution in [2.24, 2.45) is 0 Å². The van der Waals surface area contributed by atoms with Crippen LogP contribution < -0.4 is 0 Å². The van der Waals surface area contributed by atoms with Crippen LogP contribution in [0.15, 0.2) is 215 Å². The van der Waals surface area contributed by atoms with Crippen molar-refractivity contribution in [1.29, 1.82) is 10.5 Å². The molecule has 6 nitrogen and oxygen atoms in total. The molecule has 14 aromatic rings. The molecule has 0 aliphatic heterocycles. The van der Waals surface area contributed by atoms with Crippen molar-refractivity contribution in [2.75, 3.05) is 0 Å². The molecule has 0 amide bonds. The molecule has 68 heavy (non-hydrogen) atoms. The molecule has 0 spiro atoms. The van der Waals surface area contributed by atoms with Crippen molar-refractivity contribution in [3.05, 3.63) is 217 Å². The van der Waals surface area contributed by atoms with Crippen LogP contribution in [0.3, 0.4) is 0 Å². The molecule has 0 saturated carbocycles. The highest BCUT2D eigenvalue weighted by molar-refractivity contribution is 6.24. The van der Waals surface area contributed by atoms with E-state index in [1.165, 1.54) is 0 Å². The van der Waals surface area contributed by atoms with E-state index in [4.69, 9.17) is 8.83 Å². The first-order valence-corrected chi connectivity index (χ1v) is 22.6. The number of rotatable bonds is 5. The number of benzene rings is 10. The lowest BCUT2D eigenvalue weighted by molar-refractivity contribution is 0.671. The predicted molar refractivity (Wildman–Crippen MR) is 275 cm³/mol. The Bertz CT molecular complexity index is 4230. The Balaban J connectivity index is 1.20. The standard InChI is InChI=1S/C62H34N4O2/c63-35-42-32-43(36-64)58(66-53-31-25-41(38-16-6-2-7-17-38)34-51(53)47-27-29-49-45-21-11-13-23-55(45)68-62(49)60(47)66)56(39-18-8-3-9-19-39)57(42)65-52-30-24-40(37-14-4-1-5-15-37)33-50(52)46-26-28-48-44-20-10-12-22-54(44)67-61(48)59(46)65/h1-34H. The highest BCUT2D eigenvalue weighted by Crippen LogP contribution is 2.49. The number of hydrogen-bond donors (Lipinski definition) is 0. The van der Waals surface area contributed by atoms with E-state index in [-0.39, 0.29) is 0 Å². The number of hydrogen-bond acceptors (Lipinski definition) is 4. The topological polar surface area (TPSA) is 83.7 Å². The second-order valence-electron chi connectivity index (χ2n) is 17.4. The first-order valence-electron chi connectivity index (χ1n) is 22.6. The minimum Gasteiger partial charge on any atom is -0.454 e. The molecule has 0 bridgehead atoms. The molecule has 0 N–H and O–H groups in total. The van der Waals surface area contributed by atoms with Gasteiger partial charge in [-0.2, -0.15) is 10.5 Å². The Morgan fingerprint density at radius 1 is 0.324 bits per heavy atom. The van der Waals surface area contributed by atoms with Gasteiger partial charge in [0.05, 0.1) is 44.6 Å². The lowest BCUT2D eigenvalue weighted by atomic mass is 9.93. The summed E-state index contributed by atoms with van der Waals surface area (Å²) in [4.78, 5) is 0. The molecule has 14 rings (SSSR count). The minimum atomic E-state index is 0.351. The van der Waals surface area contributed by atoms with E-state index in [0.29, 0.717) is 33.7 Å². The SMILES string of the molecule is N#Cc1cc(C#N)c(-n2c3ccc(-c4ccccc4)cc3c3ccc4c5ccccc5oc4c32)c(-c2ccccc2)c1-n1c2ccc(-c3ccccc3)cc2c2ccc3c4ccccc4oc3c21. The van der Waals surface area contributed by atoms with E-state index in [9.17, 15) is 10.5 Å². The summed E-state index contributed by atoms with van der Waals surface area (Å²) in [6.45, 7) is 0. The number of nitrogens with zero attached hydrogens (tertiary/aromatic N) is 4. The maximum atomic E-state index is 11.5. The summed E-state index contributed by atoms with van der Waals surface area (Å²) in [6.07, 6.45) is 0. The third-order valence-corrected chi connectivity index (χ3v) is 13.8. The van der Waals surface area contributed by atoms with Gasteiger partial charge in [-0.05, 0) is 82.4 Å². The fraction of sp³-hybridized carbons (Fsp3) is 0. The third kappa shape index (κ3) is 5.31. The fourth-order valence-electron chi connectivity index (χ4n) is 10.8. The molecule has 0 aliphatic rings. The van der Waals surface area contributed by atoms with Crippen molar-refractivity contribution in [3.8, 4) is 56.9 Å². The summed E-state index contributed by atoms with van der Waals surface area (Å²) >= 11 is 0. The van der Waals surface area contributed by atoms with Gasteiger partial charge in [0.2, 0.25) is 0 Å². The molecule has 4 heterocycles. The average molecular weight is 867 g/mol.